The second-order valence-corrected chi connectivity index (χ2v) is 6.56. The van der Waals surface area contributed by atoms with Gasteiger partial charge >= 0.3 is 0 Å². The van der Waals surface area contributed by atoms with Crippen LogP contribution in [0.2, 0.25) is 5.02 Å². The Balaban J connectivity index is 2.39. The molecular weight excluding hydrogens is 325 g/mol. The molecule has 1 aromatic carbocycles. The van der Waals surface area contributed by atoms with E-state index in [2.05, 4.69) is 15.9 Å². The molecule has 0 saturated heterocycles. The molecule has 0 radical (unpaired) electrons. The van der Waals surface area contributed by atoms with Crippen molar-refractivity contribution in [1.29, 1.82) is 0 Å². The van der Waals surface area contributed by atoms with Gasteiger partial charge in [-0.15, -0.1) is 11.3 Å². The quantitative estimate of drug-likeness (QED) is 0.849. The van der Waals surface area contributed by atoms with Gasteiger partial charge in [-0.05, 0) is 52.2 Å². The summed E-state index contributed by atoms with van der Waals surface area (Å²) >= 11 is 11.0. The Kier molecular flexibility index (Phi) is 3.88. The molecule has 1 aromatic heterocycles. The van der Waals surface area contributed by atoms with E-state index in [-0.39, 0.29) is 11.9 Å². The highest BCUT2D eigenvalue weighted by atomic mass is 79.9. The maximum Gasteiger partial charge on any atom is 0.124 e. The molecule has 17 heavy (non-hydrogen) atoms. The smallest absolute Gasteiger partial charge is 0.124 e. The summed E-state index contributed by atoms with van der Waals surface area (Å²) in [4.78, 5) is 1.00. The average Bonchev–Trinajstić information content (AvgIpc) is 2.58. The van der Waals surface area contributed by atoms with Crippen LogP contribution >= 0.6 is 38.9 Å². The topological polar surface area (TPSA) is 26.0 Å². The normalized spacial score (nSPS) is 12.8. The number of thiophene rings is 1. The van der Waals surface area contributed by atoms with Crippen LogP contribution in [0.4, 0.5) is 4.39 Å². The molecule has 0 amide bonds. The van der Waals surface area contributed by atoms with Crippen LogP contribution in [0.1, 0.15) is 22.0 Å². The monoisotopic (exact) mass is 333 g/mol. The summed E-state index contributed by atoms with van der Waals surface area (Å²) < 4.78 is 14.0. The summed E-state index contributed by atoms with van der Waals surface area (Å²) in [7, 11) is 0. The van der Waals surface area contributed by atoms with Gasteiger partial charge in [-0.1, -0.05) is 17.7 Å². The molecule has 2 rings (SSSR count). The van der Waals surface area contributed by atoms with Crippen molar-refractivity contribution >= 4 is 38.9 Å². The highest BCUT2D eigenvalue weighted by molar-refractivity contribution is 9.11. The summed E-state index contributed by atoms with van der Waals surface area (Å²) in [6.45, 7) is 2.00. The zero-order valence-electron chi connectivity index (χ0n) is 9.01. The molecule has 90 valence electrons. The first kappa shape index (κ1) is 13.0. The third kappa shape index (κ3) is 2.71. The first-order valence-corrected chi connectivity index (χ1v) is 6.94. The van der Waals surface area contributed by atoms with Crippen LogP contribution in [0.15, 0.2) is 28.1 Å². The highest BCUT2D eigenvalue weighted by Gasteiger charge is 2.16. The van der Waals surface area contributed by atoms with Gasteiger partial charge in [0.2, 0.25) is 0 Å². The number of hydrogen-bond acceptors (Lipinski definition) is 2. The van der Waals surface area contributed by atoms with E-state index in [0.29, 0.717) is 5.02 Å². The van der Waals surface area contributed by atoms with E-state index < -0.39 is 0 Å². The Morgan fingerprint density at radius 1 is 1.41 bits per heavy atom. The Morgan fingerprint density at radius 2 is 2.12 bits per heavy atom. The standard InChI is InChI=1S/C12H10BrClFNS/c1-6-4-10(17-12(6)13)11(16)8-3-2-7(15)5-9(8)14/h2-5,11H,16H2,1H3. The number of rotatable bonds is 2. The van der Waals surface area contributed by atoms with Gasteiger partial charge in [0.15, 0.2) is 0 Å². The summed E-state index contributed by atoms with van der Waals surface area (Å²) in [5.74, 6) is -0.352. The number of hydrogen-bond donors (Lipinski definition) is 1. The molecule has 0 spiro atoms. The zero-order valence-corrected chi connectivity index (χ0v) is 12.2. The molecule has 0 aliphatic rings. The minimum atomic E-state index is -0.352. The van der Waals surface area contributed by atoms with Gasteiger partial charge in [0.25, 0.3) is 0 Å². The molecule has 1 unspecified atom stereocenters. The maximum absolute atomic E-state index is 13.0. The van der Waals surface area contributed by atoms with Crippen LogP contribution < -0.4 is 5.73 Å². The first-order valence-electron chi connectivity index (χ1n) is 4.95. The number of benzene rings is 1. The lowest BCUT2D eigenvalue weighted by molar-refractivity contribution is 0.626. The Hall–Kier alpha value is -0.420. The van der Waals surface area contributed by atoms with E-state index in [1.54, 1.807) is 17.4 Å². The summed E-state index contributed by atoms with van der Waals surface area (Å²) in [5, 5.41) is 0.361. The molecule has 1 atom stereocenters. The van der Waals surface area contributed by atoms with Gasteiger partial charge in [0.05, 0.1) is 9.83 Å². The van der Waals surface area contributed by atoms with Crippen molar-refractivity contribution in [2.45, 2.75) is 13.0 Å². The van der Waals surface area contributed by atoms with E-state index in [0.717, 1.165) is 19.8 Å². The zero-order chi connectivity index (χ0) is 12.6. The largest absolute Gasteiger partial charge is 0.320 e. The van der Waals surface area contributed by atoms with Crippen molar-refractivity contribution in [3.63, 3.8) is 0 Å². The molecule has 1 heterocycles. The summed E-state index contributed by atoms with van der Waals surface area (Å²) in [5.41, 5.74) is 8.01. The lowest BCUT2D eigenvalue weighted by Crippen LogP contribution is -2.10. The molecule has 1 nitrogen and oxygen atoms in total. The van der Waals surface area contributed by atoms with Crippen molar-refractivity contribution in [3.8, 4) is 0 Å². The third-order valence-corrected chi connectivity index (χ3v) is 5.03. The van der Waals surface area contributed by atoms with Crippen LogP contribution in [0.3, 0.4) is 0 Å². The van der Waals surface area contributed by atoms with Crippen molar-refractivity contribution < 1.29 is 4.39 Å². The SMILES string of the molecule is Cc1cc(C(N)c2ccc(F)cc2Cl)sc1Br. The third-order valence-electron chi connectivity index (χ3n) is 2.48. The average molecular weight is 335 g/mol. The highest BCUT2D eigenvalue weighted by Crippen LogP contribution is 2.35. The Morgan fingerprint density at radius 3 is 2.65 bits per heavy atom. The fraction of sp³-hybridized carbons (Fsp3) is 0.167. The second-order valence-electron chi connectivity index (χ2n) is 3.75. The van der Waals surface area contributed by atoms with Gasteiger partial charge in [-0.2, -0.15) is 0 Å². The minimum Gasteiger partial charge on any atom is -0.320 e. The van der Waals surface area contributed by atoms with Crippen molar-refractivity contribution in [2.75, 3.05) is 0 Å². The molecule has 0 saturated carbocycles. The van der Waals surface area contributed by atoms with Crippen LogP contribution in [0.25, 0.3) is 0 Å². The van der Waals surface area contributed by atoms with E-state index >= 15 is 0 Å². The van der Waals surface area contributed by atoms with Gasteiger partial charge in [0.1, 0.15) is 5.82 Å². The lowest BCUT2D eigenvalue weighted by Gasteiger charge is -2.11. The molecule has 0 fully saturated rings. The molecule has 0 bridgehead atoms. The van der Waals surface area contributed by atoms with E-state index in [9.17, 15) is 4.39 Å². The van der Waals surface area contributed by atoms with Crippen LogP contribution in [-0.2, 0) is 0 Å². The number of aryl methyl sites for hydroxylation is 1. The fourth-order valence-corrected chi connectivity index (χ4v) is 3.42. The van der Waals surface area contributed by atoms with Gasteiger partial charge in [0, 0.05) is 9.90 Å². The predicted octanol–water partition coefficient (Wildman–Crippen LogP) is 4.66. The summed E-state index contributed by atoms with van der Waals surface area (Å²) in [6.07, 6.45) is 0. The first-order chi connectivity index (χ1) is 7.99. The van der Waals surface area contributed by atoms with E-state index in [1.165, 1.54) is 12.1 Å². The number of nitrogens with two attached hydrogens (primary N) is 1. The number of halogens is 3. The minimum absolute atomic E-state index is 0.321. The molecule has 5 heteroatoms. The summed E-state index contributed by atoms with van der Waals surface area (Å²) in [6, 6.07) is 5.98. The Bertz CT molecular complexity index is 536. The van der Waals surface area contributed by atoms with Gasteiger partial charge in [-0.25, -0.2) is 4.39 Å². The fourth-order valence-electron chi connectivity index (χ4n) is 1.54. The molecule has 0 aliphatic heterocycles. The molecular formula is C12H10BrClFNS. The van der Waals surface area contributed by atoms with Crippen LogP contribution in [-0.4, -0.2) is 0 Å². The molecule has 2 aromatic rings. The molecule has 0 aliphatic carbocycles. The maximum atomic E-state index is 13.0. The molecule has 2 N–H and O–H groups in total. The lowest BCUT2D eigenvalue weighted by atomic mass is 10.1. The van der Waals surface area contributed by atoms with Gasteiger partial charge in [-0.3, -0.25) is 0 Å². The van der Waals surface area contributed by atoms with Crippen molar-refractivity contribution in [1.82, 2.24) is 0 Å². The van der Waals surface area contributed by atoms with E-state index in [1.807, 2.05) is 13.0 Å². The van der Waals surface area contributed by atoms with E-state index in [4.69, 9.17) is 17.3 Å². The predicted molar refractivity (Wildman–Crippen MR) is 74.2 cm³/mol. The van der Waals surface area contributed by atoms with Crippen LogP contribution in [0.5, 0.6) is 0 Å². The van der Waals surface area contributed by atoms with Crippen molar-refractivity contribution in [2.24, 2.45) is 5.73 Å². The van der Waals surface area contributed by atoms with Gasteiger partial charge < -0.3 is 5.73 Å². The Labute approximate surface area is 117 Å². The van der Waals surface area contributed by atoms with Crippen LogP contribution in [0, 0.1) is 12.7 Å². The second kappa shape index (κ2) is 5.06. The van der Waals surface area contributed by atoms with Crippen molar-refractivity contribution in [3.05, 3.63) is 54.9 Å².